The van der Waals surface area contributed by atoms with Crippen LogP contribution in [0.1, 0.15) is 22.5 Å². The first-order valence-electron chi connectivity index (χ1n) is 12.3. The Morgan fingerprint density at radius 3 is 2.61 bits per heavy atom. The highest BCUT2D eigenvalue weighted by Crippen LogP contribution is 2.24. The van der Waals surface area contributed by atoms with E-state index in [-0.39, 0.29) is 24.9 Å². The highest BCUT2D eigenvalue weighted by Gasteiger charge is 2.41. The van der Waals surface area contributed by atoms with Gasteiger partial charge in [0.2, 0.25) is 5.91 Å². The standard InChI is InChI=1S/C24H36N6O5S/c1-17-4-5-20-18(14-17)15-22(26-20)24(32)27-21-6-8-30(36(33,34)29-10-12-35-13-11-29)16-19(21)23(31)25-7-9-28(2)3/h4-5,14-15,19,21,26H,6-13,16H2,1-3H3,(H,25,31)(H,27,32)/t19-,21-/m0/s1. The smallest absolute Gasteiger partial charge is 0.282 e. The van der Waals surface area contributed by atoms with Crippen LogP contribution in [0.3, 0.4) is 0 Å². The van der Waals surface area contributed by atoms with E-state index in [2.05, 4.69) is 15.6 Å². The fourth-order valence-electron chi connectivity index (χ4n) is 4.67. The summed E-state index contributed by atoms with van der Waals surface area (Å²) in [6, 6.07) is 7.19. The molecule has 3 heterocycles. The van der Waals surface area contributed by atoms with Crippen molar-refractivity contribution in [2.45, 2.75) is 19.4 Å². The van der Waals surface area contributed by atoms with E-state index in [4.69, 9.17) is 4.74 Å². The molecule has 0 bridgehead atoms. The Morgan fingerprint density at radius 1 is 1.14 bits per heavy atom. The molecule has 11 nitrogen and oxygen atoms in total. The third-order valence-electron chi connectivity index (χ3n) is 6.73. The van der Waals surface area contributed by atoms with Crippen molar-refractivity contribution in [1.82, 2.24) is 29.1 Å². The van der Waals surface area contributed by atoms with Crippen molar-refractivity contribution in [2.75, 3.05) is 66.6 Å². The van der Waals surface area contributed by atoms with Crippen LogP contribution in [0.25, 0.3) is 10.9 Å². The van der Waals surface area contributed by atoms with Crippen LogP contribution in [-0.4, -0.2) is 111 Å². The van der Waals surface area contributed by atoms with Crippen LogP contribution < -0.4 is 10.6 Å². The zero-order chi connectivity index (χ0) is 25.9. The van der Waals surface area contributed by atoms with Crippen LogP contribution >= 0.6 is 0 Å². The lowest BCUT2D eigenvalue weighted by Crippen LogP contribution is -2.59. The van der Waals surface area contributed by atoms with E-state index in [0.29, 0.717) is 51.5 Å². The second kappa shape index (κ2) is 11.3. The number of aromatic nitrogens is 1. The Balaban J connectivity index is 1.50. The summed E-state index contributed by atoms with van der Waals surface area (Å²) in [5, 5.41) is 6.84. The van der Waals surface area contributed by atoms with Crippen molar-refractivity contribution in [2.24, 2.45) is 5.92 Å². The number of nitrogens with zero attached hydrogens (tertiary/aromatic N) is 3. The number of fused-ring (bicyclic) bond motifs is 1. The van der Waals surface area contributed by atoms with Gasteiger partial charge in [-0.3, -0.25) is 9.59 Å². The molecule has 0 aliphatic carbocycles. The zero-order valence-corrected chi connectivity index (χ0v) is 21.9. The van der Waals surface area contributed by atoms with Gasteiger partial charge < -0.3 is 25.3 Å². The number of aryl methyl sites for hydroxylation is 1. The average Bonchev–Trinajstić information content (AvgIpc) is 3.28. The number of piperidine rings is 1. The maximum Gasteiger partial charge on any atom is 0.282 e. The van der Waals surface area contributed by atoms with E-state index in [0.717, 1.165) is 16.5 Å². The Labute approximate surface area is 212 Å². The number of ether oxygens (including phenoxy) is 1. The maximum atomic E-state index is 13.3. The van der Waals surface area contributed by atoms with Gasteiger partial charge in [0.25, 0.3) is 16.1 Å². The summed E-state index contributed by atoms with van der Waals surface area (Å²) in [6.07, 6.45) is 0.334. The highest BCUT2D eigenvalue weighted by atomic mass is 32.2. The molecule has 0 unspecified atom stereocenters. The molecule has 2 aliphatic rings. The molecule has 2 fully saturated rings. The largest absolute Gasteiger partial charge is 0.379 e. The SMILES string of the molecule is Cc1ccc2[nH]c(C(=O)N[C@H]3CCN(S(=O)(=O)N4CCOCC4)C[C@@H]3C(=O)NCCN(C)C)cc2c1. The van der Waals surface area contributed by atoms with E-state index in [1.165, 1.54) is 8.61 Å². The van der Waals surface area contributed by atoms with Gasteiger partial charge in [-0.1, -0.05) is 11.6 Å². The molecule has 12 heteroatoms. The monoisotopic (exact) mass is 520 g/mol. The van der Waals surface area contributed by atoms with Crippen molar-refractivity contribution in [3.8, 4) is 0 Å². The first-order chi connectivity index (χ1) is 17.1. The van der Waals surface area contributed by atoms with E-state index in [1.807, 2.05) is 44.1 Å². The van der Waals surface area contributed by atoms with E-state index < -0.39 is 22.2 Å². The molecule has 2 aliphatic heterocycles. The number of likely N-dealkylation sites (N-methyl/N-ethyl adjacent to an activating group) is 1. The van der Waals surface area contributed by atoms with Crippen LogP contribution in [0.2, 0.25) is 0 Å². The molecule has 1 aromatic carbocycles. The van der Waals surface area contributed by atoms with Gasteiger partial charge in [-0.25, -0.2) is 0 Å². The second-order valence-electron chi connectivity index (χ2n) is 9.72. The average molecular weight is 521 g/mol. The summed E-state index contributed by atoms with van der Waals surface area (Å²) in [5.74, 6) is -1.30. The van der Waals surface area contributed by atoms with Crippen molar-refractivity contribution in [3.63, 3.8) is 0 Å². The lowest BCUT2D eigenvalue weighted by molar-refractivity contribution is -0.126. The molecule has 2 saturated heterocycles. The van der Waals surface area contributed by atoms with E-state index in [1.54, 1.807) is 6.07 Å². The summed E-state index contributed by atoms with van der Waals surface area (Å²) in [4.78, 5) is 31.4. The molecule has 0 spiro atoms. The lowest BCUT2D eigenvalue weighted by Gasteiger charge is -2.40. The van der Waals surface area contributed by atoms with Gasteiger partial charge >= 0.3 is 0 Å². The van der Waals surface area contributed by atoms with Gasteiger partial charge in [0.05, 0.1) is 19.1 Å². The molecule has 4 rings (SSSR count). The Morgan fingerprint density at radius 2 is 1.89 bits per heavy atom. The van der Waals surface area contributed by atoms with Gasteiger partial charge in [-0.2, -0.15) is 17.0 Å². The second-order valence-corrected chi connectivity index (χ2v) is 11.6. The highest BCUT2D eigenvalue weighted by molar-refractivity contribution is 7.86. The van der Waals surface area contributed by atoms with Crippen molar-refractivity contribution in [3.05, 3.63) is 35.5 Å². The fraction of sp³-hybridized carbons (Fsp3) is 0.583. The fourth-order valence-corrected chi connectivity index (χ4v) is 6.29. The summed E-state index contributed by atoms with van der Waals surface area (Å²) >= 11 is 0. The minimum atomic E-state index is -3.73. The molecule has 0 saturated carbocycles. The Kier molecular flexibility index (Phi) is 8.30. The summed E-state index contributed by atoms with van der Waals surface area (Å²) in [7, 11) is 0.0906. The lowest BCUT2D eigenvalue weighted by atomic mass is 9.92. The number of aromatic amines is 1. The minimum Gasteiger partial charge on any atom is -0.379 e. The molecular formula is C24H36N6O5S. The first-order valence-corrected chi connectivity index (χ1v) is 13.7. The zero-order valence-electron chi connectivity index (χ0n) is 21.1. The molecule has 2 amide bonds. The molecule has 198 valence electrons. The minimum absolute atomic E-state index is 0.00430. The van der Waals surface area contributed by atoms with E-state index >= 15 is 0 Å². The van der Waals surface area contributed by atoms with Crippen molar-refractivity contribution in [1.29, 1.82) is 0 Å². The number of amides is 2. The van der Waals surface area contributed by atoms with Crippen molar-refractivity contribution < 1.29 is 22.7 Å². The molecule has 2 atom stereocenters. The number of carbonyl (C=O) groups excluding carboxylic acids is 2. The van der Waals surface area contributed by atoms with Gasteiger partial charge in [0.15, 0.2) is 0 Å². The summed E-state index contributed by atoms with van der Waals surface area (Å²) < 4.78 is 34.6. The molecular weight excluding hydrogens is 484 g/mol. The molecule has 36 heavy (non-hydrogen) atoms. The third-order valence-corrected chi connectivity index (χ3v) is 8.73. The Hall–Kier alpha value is -2.51. The number of carbonyl (C=O) groups is 2. The molecule has 1 aromatic heterocycles. The van der Waals surface area contributed by atoms with Crippen LogP contribution in [0, 0.1) is 12.8 Å². The quantitative estimate of drug-likeness (QED) is 0.455. The molecule has 2 aromatic rings. The predicted octanol–water partition coefficient (Wildman–Crippen LogP) is 0.151. The first kappa shape index (κ1) is 26.6. The van der Waals surface area contributed by atoms with Crippen LogP contribution in [0.15, 0.2) is 24.3 Å². The van der Waals surface area contributed by atoms with Crippen LogP contribution in [0.5, 0.6) is 0 Å². The third kappa shape index (κ3) is 6.06. The molecule has 0 radical (unpaired) electrons. The van der Waals surface area contributed by atoms with Crippen LogP contribution in [0.4, 0.5) is 0 Å². The van der Waals surface area contributed by atoms with Gasteiger partial charge in [0, 0.05) is 56.2 Å². The number of morpholine rings is 1. The normalized spacial score (nSPS) is 22.1. The Bertz CT molecular complexity index is 1190. The topological polar surface area (TPSA) is 127 Å². The van der Waals surface area contributed by atoms with E-state index in [9.17, 15) is 18.0 Å². The van der Waals surface area contributed by atoms with Gasteiger partial charge in [0.1, 0.15) is 5.69 Å². The maximum absolute atomic E-state index is 13.3. The summed E-state index contributed by atoms with van der Waals surface area (Å²) in [5.41, 5.74) is 2.36. The number of rotatable bonds is 8. The number of hydrogen-bond acceptors (Lipinski definition) is 6. The summed E-state index contributed by atoms with van der Waals surface area (Å²) in [6.45, 7) is 4.58. The number of benzene rings is 1. The van der Waals surface area contributed by atoms with Gasteiger partial charge in [-0.05, 0) is 45.6 Å². The van der Waals surface area contributed by atoms with Crippen LogP contribution in [-0.2, 0) is 19.7 Å². The predicted molar refractivity (Wildman–Crippen MR) is 137 cm³/mol. The van der Waals surface area contributed by atoms with Gasteiger partial charge in [-0.15, -0.1) is 0 Å². The van der Waals surface area contributed by atoms with Crippen molar-refractivity contribution >= 4 is 32.9 Å². The molecule has 3 N–H and O–H groups in total. The number of nitrogens with one attached hydrogen (secondary N) is 3. The number of hydrogen-bond donors (Lipinski definition) is 3. The number of H-pyrrole nitrogens is 1.